The molecule has 1 aromatic carbocycles. The van der Waals surface area contributed by atoms with Gasteiger partial charge < -0.3 is 10.2 Å². The summed E-state index contributed by atoms with van der Waals surface area (Å²) in [7, 11) is 1.77. The Labute approximate surface area is 169 Å². The molecule has 0 radical (unpaired) electrons. The number of tetrazole rings is 1. The van der Waals surface area contributed by atoms with Crippen LogP contribution < -0.4 is 10.2 Å². The molecule has 0 unspecified atom stereocenters. The van der Waals surface area contributed by atoms with Gasteiger partial charge in [0.2, 0.25) is 0 Å². The number of amides is 1. The summed E-state index contributed by atoms with van der Waals surface area (Å²) in [5, 5.41) is 15.3. The van der Waals surface area contributed by atoms with E-state index in [9.17, 15) is 4.79 Å². The molecule has 0 atom stereocenters. The van der Waals surface area contributed by atoms with Gasteiger partial charge in [0.15, 0.2) is 0 Å². The van der Waals surface area contributed by atoms with Crippen molar-refractivity contribution in [2.45, 2.75) is 20.3 Å². The third-order valence-corrected chi connectivity index (χ3v) is 5.14. The molecule has 0 saturated carbocycles. The van der Waals surface area contributed by atoms with Gasteiger partial charge in [0.1, 0.15) is 0 Å². The highest BCUT2D eigenvalue weighted by Gasteiger charge is 2.21. The molecular formula is C21H23N7O. The molecule has 0 aliphatic carbocycles. The van der Waals surface area contributed by atoms with Crippen LogP contribution in [0.5, 0.6) is 0 Å². The van der Waals surface area contributed by atoms with E-state index < -0.39 is 0 Å². The number of benzene rings is 1. The van der Waals surface area contributed by atoms with Crippen LogP contribution in [0.25, 0.3) is 5.57 Å². The van der Waals surface area contributed by atoms with Crippen LogP contribution in [0.15, 0.2) is 48.2 Å². The second-order valence-electron chi connectivity index (χ2n) is 7.18. The third kappa shape index (κ3) is 4.01. The standard InChI is InChI=1S/C21H23N7O/c1-14-10-12-28(21-24-26-27(3)25-21)13-19(14)16-6-8-17(9-7-16)23-20(29)18-5-4-11-22-15(18)2/h4-9,11H,10,12-13H2,1-3H3,(H,23,29). The molecule has 1 amide bonds. The van der Waals surface area contributed by atoms with Crippen LogP contribution in [0.4, 0.5) is 11.6 Å². The van der Waals surface area contributed by atoms with Gasteiger partial charge in [-0.3, -0.25) is 9.78 Å². The second-order valence-corrected chi connectivity index (χ2v) is 7.18. The molecule has 2 aromatic heterocycles. The number of hydrogen-bond donors (Lipinski definition) is 1. The van der Waals surface area contributed by atoms with E-state index in [0.29, 0.717) is 17.2 Å². The van der Waals surface area contributed by atoms with Crippen molar-refractivity contribution in [2.24, 2.45) is 7.05 Å². The molecule has 0 saturated heterocycles. The maximum absolute atomic E-state index is 12.5. The lowest BCUT2D eigenvalue weighted by atomic mass is 9.95. The van der Waals surface area contributed by atoms with Gasteiger partial charge in [0, 0.05) is 30.7 Å². The number of rotatable bonds is 4. The molecule has 8 nitrogen and oxygen atoms in total. The predicted octanol–water partition coefficient (Wildman–Crippen LogP) is 2.85. The van der Waals surface area contributed by atoms with Gasteiger partial charge in [-0.25, -0.2) is 0 Å². The first-order chi connectivity index (χ1) is 14.0. The number of aromatic nitrogens is 5. The summed E-state index contributed by atoms with van der Waals surface area (Å²) in [6.45, 7) is 5.60. The van der Waals surface area contributed by atoms with Crippen molar-refractivity contribution in [3.05, 3.63) is 65.0 Å². The summed E-state index contributed by atoms with van der Waals surface area (Å²) < 4.78 is 0. The van der Waals surface area contributed by atoms with Crippen LogP contribution >= 0.6 is 0 Å². The molecule has 148 valence electrons. The number of nitrogens with one attached hydrogen (secondary N) is 1. The number of nitrogens with zero attached hydrogens (tertiary/aromatic N) is 6. The van der Waals surface area contributed by atoms with Crippen LogP contribution in [-0.2, 0) is 7.05 Å². The molecule has 0 fully saturated rings. The van der Waals surface area contributed by atoms with Crippen molar-refractivity contribution in [3.63, 3.8) is 0 Å². The molecule has 0 spiro atoms. The summed E-state index contributed by atoms with van der Waals surface area (Å²) in [4.78, 5) is 20.3. The number of carbonyl (C=O) groups is 1. The highest BCUT2D eigenvalue weighted by Crippen LogP contribution is 2.28. The first kappa shape index (κ1) is 18.8. The van der Waals surface area contributed by atoms with E-state index in [-0.39, 0.29) is 5.91 Å². The monoisotopic (exact) mass is 389 g/mol. The second kappa shape index (κ2) is 7.83. The Morgan fingerprint density at radius 2 is 1.93 bits per heavy atom. The van der Waals surface area contributed by atoms with Gasteiger partial charge in [-0.15, -0.1) is 5.10 Å². The van der Waals surface area contributed by atoms with Crippen LogP contribution in [0.2, 0.25) is 0 Å². The van der Waals surface area contributed by atoms with Crippen molar-refractivity contribution in [1.82, 2.24) is 25.2 Å². The van der Waals surface area contributed by atoms with Crippen LogP contribution in [0.3, 0.4) is 0 Å². The average Bonchev–Trinajstić information content (AvgIpc) is 3.16. The Hall–Kier alpha value is -3.55. The summed E-state index contributed by atoms with van der Waals surface area (Å²) >= 11 is 0. The SMILES string of the molecule is CC1=C(c2ccc(NC(=O)c3cccnc3C)cc2)CN(c2nnn(C)n2)CC1. The smallest absolute Gasteiger partial charge is 0.266 e. The van der Waals surface area contributed by atoms with Crippen LogP contribution in [0.1, 0.15) is 35.0 Å². The van der Waals surface area contributed by atoms with Gasteiger partial charge in [0.05, 0.1) is 12.6 Å². The van der Waals surface area contributed by atoms with E-state index in [2.05, 4.69) is 37.5 Å². The highest BCUT2D eigenvalue weighted by molar-refractivity contribution is 6.05. The summed E-state index contributed by atoms with van der Waals surface area (Å²) in [6.07, 6.45) is 2.63. The molecule has 8 heteroatoms. The van der Waals surface area contributed by atoms with E-state index in [4.69, 9.17) is 0 Å². The maximum atomic E-state index is 12.5. The first-order valence-corrected chi connectivity index (χ1v) is 9.52. The molecule has 1 aliphatic rings. The molecule has 29 heavy (non-hydrogen) atoms. The zero-order chi connectivity index (χ0) is 20.4. The van der Waals surface area contributed by atoms with Crippen molar-refractivity contribution in [1.29, 1.82) is 0 Å². The normalized spacial score (nSPS) is 14.2. The summed E-state index contributed by atoms with van der Waals surface area (Å²) in [6, 6.07) is 11.5. The molecule has 0 bridgehead atoms. The molecule has 4 rings (SSSR count). The Morgan fingerprint density at radius 1 is 1.14 bits per heavy atom. The number of aryl methyl sites for hydroxylation is 2. The fourth-order valence-electron chi connectivity index (χ4n) is 3.44. The van der Waals surface area contributed by atoms with Gasteiger partial charge >= 0.3 is 0 Å². The largest absolute Gasteiger partial charge is 0.334 e. The molecule has 1 aliphatic heterocycles. The maximum Gasteiger partial charge on any atom is 0.266 e. The van der Waals surface area contributed by atoms with Crippen molar-refractivity contribution < 1.29 is 4.79 Å². The first-order valence-electron chi connectivity index (χ1n) is 9.52. The average molecular weight is 389 g/mol. The van der Waals surface area contributed by atoms with Crippen molar-refractivity contribution in [3.8, 4) is 0 Å². The van der Waals surface area contributed by atoms with Crippen LogP contribution in [-0.4, -0.2) is 44.2 Å². The van der Waals surface area contributed by atoms with E-state index in [1.165, 1.54) is 15.9 Å². The zero-order valence-corrected chi connectivity index (χ0v) is 16.8. The molecule has 3 heterocycles. The van der Waals surface area contributed by atoms with E-state index in [1.807, 2.05) is 31.2 Å². The Morgan fingerprint density at radius 3 is 2.62 bits per heavy atom. The van der Waals surface area contributed by atoms with E-state index in [1.54, 1.807) is 25.4 Å². The van der Waals surface area contributed by atoms with Gasteiger partial charge in [-0.2, -0.15) is 4.80 Å². The quantitative estimate of drug-likeness (QED) is 0.738. The van der Waals surface area contributed by atoms with Gasteiger partial charge in [0.25, 0.3) is 11.9 Å². The number of pyridine rings is 1. The minimum absolute atomic E-state index is 0.156. The molecule has 1 N–H and O–H groups in total. The highest BCUT2D eigenvalue weighted by atomic mass is 16.1. The fourth-order valence-corrected chi connectivity index (χ4v) is 3.44. The fraction of sp³-hybridized carbons (Fsp3) is 0.286. The number of anilines is 2. The van der Waals surface area contributed by atoms with Crippen molar-refractivity contribution >= 4 is 23.1 Å². The molecular weight excluding hydrogens is 366 g/mol. The lowest BCUT2D eigenvalue weighted by molar-refractivity contribution is 0.102. The van der Waals surface area contributed by atoms with Gasteiger partial charge in [-0.1, -0.05) is 22.8 Å². The van der Waals surface area contributed by atoms with E-state index in [0.717, 1.165) is 30.8 Å². The topological polar surface area (TPSA) is 88.8 Å². The Balaban J connectivity index is 1.49. The summed E-state index contributed by atoms with van der Waals surface area (Å²) in [5.74, 6) is 0.490. The number of hydrogen-bond acceptors (Lipinski definition) is 6. The minimum atomic E-state index is -0.156. The van der Waals surface area contributed by atoms with Gasteiger partial charge in [-0.05, 0) is 60.9 Å². The summed E-state index contributed by atoms with van der Waals surface area (Å²) in [5.41, 5.74) is 5.78. The van der Waals surface area contributed by atoms with Crippen molar-refractivity contribution in [2.75, 3.05) is 23.3 Å². The third-order valence-electron chi connectivity index (χ3n) is 5.14. The predicted molar refractivity (Wildman–Crippen MR) is 112 cm³/mol. The number of carbonyl (C=O) groups excluding carboxylic acids is 1. The van der Waals surface area contributed by atoms with Crippen LogP contribution in [0, 0.1) is 6.92 Å². The lowest BCUT2D eigenvalue weighted by Crippen LogP contribution is -2.31. The zero-order valence-electron chi connectivity index (χ0n) is 16.8. The van der Waals surface area contributed by atoms with E-state index >= 15 is 0 Å². The Kier molecular flexibility index (Phi) is 5.07. The lowest BCUT2D eigenvalue weighted by Gasteiger charge is -2.29. The molecule has 3 aromatic rings. The minimum Gasteiger partial charge on any atom is -0.334 e. The Bertz CT molecular complexity index is 1070.